The van der Waals surface area contributed by atoms with Crippen molar-refractivity contribution in [3.05, 3.63) is 84.7 Å². The molecule has 4 atom stereocenters. The van der Waals surface area contributed by atoms with E-state index < -0.39 is 23.8 Å². The van der Waals surface area contributed by atoms with Crippen LogP contribution in [-0.4, -0.2) is 41.2 Å². The number of rotatable bonds is 5. The molecule has 0 bridgehead atoms. The number of imide groups is 2. The predicted molar refractivity (Wildman–Crippen MR) is 138 cm³/mol. The summed E-state index contributed by atoms with van der Waals surface area (Å²) >= 11 is 0. The number of carbonyl (C=O) groups is 4. The number of pyridine rings is 1. The maximum Gasteiger partial charge on any atom is 0.257 e. The summed E-state index contributed by atoms with van der Waals surface area (Å²) in [6, 6.07) is 20.6. The summed E-state index contributed by atoms with van der Waals surface area (Å²) in [4.78, 5) is 64.0. The summed E-state index contributed by atoms with van der Waals surface area (Å²) in [5.74, 6) is -3.69. The maximum atomic E-state index is 14.1. The van der Waals surface area contributed by atoms with Gasteiger partial charge in [-0.3, -0.25) is 29.1 Å². The van der Waals surface area contributed by atoms with Crippen LogP contribution in [0.3, 0.4) is 0 Å². The van der Waals surface area contributed by atoms with Gasteiger partial charge in [0.05, 0.1) is 34.6 Å². The minimum absolute atomic E-state index is 0.0434. The molecule has 2 fully saturated rings. The molecule has 8 heteroatoms. The van der Waals surface area contributed by atoms with Crippen molar-refractivity contribution < 1.29 is 19.2 Å². The summed E-state index contributed by atoms with van der Waals surface area (Å²) in [6.45, 7) is 2.58. The van der Waals surface area contributed by atoms with Gasteiger partial charge in [-0.15, -0.1) is 0 Å². The van der Waals surface area contributed by atoms with E-state index in [1.807, 2.05) is 30.0 Å². The third-order valence-electron chi connectivity index (χ3n) is 7.59. The molecule has 37 heavy (non-hydrogen) atoms. The number of amides is 4. The van der Waals surface area contributed by atoms with E-state index in [-0.39, 0.29) is 30.0 Å². The van der Waals surface area contributed by atoms with E-state index in [0.29, 0.717) is 23.6 Å². The Kier molecular flexibility index (Phi) is 5.59. The van der Waals surface area contributed by atoms with E-state index in [4.69, 9.17) is 0 Å². The third-order valence-corrected chi connectivity index (χ3v) is 7.59. The number of para-hydroxylation sites is 2. The summed E-state index contributed by atoms with van der Waals surface area (Å²) in [6.07, 6.45) is 2.36. The van der Waals surface area contributed by atoms with Crippen LogP contribution < -0.4 is 14.7 Å². The number of fused-ring (bicyclic) bond motifs is 2. The van der Waals surface area contributed by atoms with Gasteiger partial charge < -0.3 is 4.90 Å². The average molecular weight is 495 g/mol. The lowest BCUT2D eigenvalue weighted by atomic mass is 9.72. The van der Waals surface area contributed by atoms with E-state index in [9.17, 15) is 19.2 Å². The van der Waals surface area contributed by atoms with Crippen molar-refractivity contribution in [1.82, 2.24) is 4.98 Å². The number of hydrogen-bond donors (Lipinski definition) is 0. The molecule has 4 heterocycles. The van der Waals surface area contributed by atoms with Crippen LogP contribution in [0.1, 0.15) is 31.4 Å². The Bertz CT molecular complexity index is 1390. The second-order valence-electron chi connectivity index (χ2n) is 9.66. The first-order chi connectivity index (χ1) is 18.0. The Balaban J connectivity index is 1.49. The van der Waals surface area contributed by atoms with Crippen LogP contribution in [0.5, 0.6) is 0 Å². The number of anilines is 3. The zero-order valence-electron chi connectivity index (χ0n) is 20.4. The molecule has 0 aliphatic carbocycles. The topological polar surface area (TPSA) is 90.9 Å². The van der Waals surface area contributed by atoms with Crippen LogP contribution in [0.4, 0.5) is 17.1 Å². The molecule has 6 rings (SSSR count). The van der Waals surface area contributed by atoms with Crippen molar-refractivity contribution in [1.29, 1.82) is 0 Å². The number of nitrogens with zero attached hydrogens (tertiary/aromatic N) is 4. The smallest absolute Gasteiger partial charge is 0.257 e. The average Bonchev–Trinajstić information content (AvgIpc) is 3.36. The van der Waals surface area contributed by atoms with Gasteiger partial charge in [0, 0.05) is 25.1 Å². The van der Waals surface area contributed by atoms with Gasteiger partial charge in [-0.25, -0.2) is 4.90 Å². The molecular formula is C29H26N4O4. The molecule has 0 spiro atoms. The lowest BCUT2D eigenvalue weighted by Crippen LogP contribution is -2.52. The van der Waals surface area contributed by atoms with E-state index in [2.05, 4.69) is 4.98 Å². The fourth-order valence-corrected chi connectivity index (χ4v) is 6.14. The van der Waals surface area contributed by atoms with Gasteiger partial charge in [0.25, 0.3) is 5.91 Å². The standard InChI is InChI=1S/C29H26N4O4/c1-2-16-31-21-14-9-15-30-25(21)23(20-17-22(34)32(27(20)35)18-10-5-3-6-11-18)24-26(31)29(37)33(28(24)36)19-12-7-4-8-13-19/h3-15,20,23-24,26H,2,16-17H2,1H3/t20?,23-,24-,26+/m0/s1. The van der Waals surface area contributed by atoms with Gasteiger partial charge in [-0.1, -0.05) is 43.3 Å². The highest BCUT2D eigenvalue weighted by atomic mass is 16.2. The molecular weight excluding hydrogens is 468 g/mol. The molecule has 2 saturated heterocycles. The molecule has 4 amide bonds. The highest BCUT2D eigenvalue weighted by Crippen LogP contribution is 2.51. The lowest BCUT2D eigenvalue weighted by molar-refractivity contribution is -0.124. The minimum Gasteiger partial charge on any atom is -0.357 e. The van der Waals surface area contributed by atoms with Gasteiger partial charge in [-0.2, -0.15) is 0 Å². The van der Waals surface area contributed by atoms with Crippen LogP contribution in [0.2, 0.25) is 0 Å². The Hall–Kier alpha value is -4.33. The van der Waals surface area contributed by atoms with Crippen molar-refractivity contribution in [2.45, 2.75) is 31.7 Å². The van der Waals surface area contributed by atoms with Crippen molar-refractivity contribution >= 4 is 40.7 Å². The largest absolute Gasteiger partial charge is 0.357 e. The third kappa shape index (κ3) is 3.47. The Morgan fingerprint density at radius 2 is 1.41 bits per heavy atom. The monoisotopic (exact) mass is 494 g/mol. The van der Waals surface area contributed by atoms with Crippen LogP contribution in [0.15, 0.2) is 79.0 Å². The Morgan fingerprint density at radius 3 is 2.05 bits per heavy atom. The summed E-state index contributed by atoms with van der Waals surface area (Å²) < 4.78 is 0. The van der Waals surface area contributed by atoms with Gasteiger partial charge in [-0.05, 0) is 42.8 Å². The predicted octanol–water partition coefficient (Wildman–Crippen LogP) is 3.53. The molecule has 0 N–H and O–H groups in total. The lowest BCUT2D eigenvalue weighted by Gasteiger charge is -2.42. The minimum atomic E-state index is -0.834. The maximum absolute atomic E-state index is 14.1. The van der Waals surface area contributed by atoms with E-state index in [0.717, 1.165) is 12.1 Å². The number of aromatic nitrogens is 1. The van der Waals surface area contributed by atoms with Crippen LogP contribution in [-0.2, 0) is 19.2 Å². The summed E-state index contributed by atoms with van der Waals surface area (Å²) in [5, 5.41) is 0. The highest BCUT2D eigenvalue weighted by molar-refractivity contribution is 6.26. The van der Waals surface area contributed by atoms with Crippen molar-refractivity contribution in [3.8, 4) is 0 Å². The second-order valence-corrected chi connectivity index (χ2v) is 9.66. The molecule has 8 nitrogen and oxygen atoms in total. The first-order valence-electron chi connectivity index (χ1n) is 12.6. The molecule has 1 unspecified atom stereocenters. The van der Waals surface area contributed by atoms with E-state index in [1.165, 1.54) is 9.80 Å². The van der Waals surface area contributed by atoms with Gasteiger partial charge in [0.15, 0.2) is 0 Å². The SMILES string of the molecule is CCCN1c2cccnc2[C@@H](C2CC(=O)N(c3ccccc3)C2=O)[C@@H]2C(=O)N(c3ccccc3)C(=O)[C@@H]21. The molecule has 3 aliphatic rings. The second kappa shape index (κ2) is 8.96. The van der Waals surface area contributed by atoms with Gasteiger partial charge in [0.1, 0.15) is 6.04 Å². The number of hydrogen-bond acceptors (Lipinski definition) is 6. The zero-order valence-corrected chi connectivity index (χ0v) is 20.4. The zero-order chi connectivity index (χ0) is 25.7. The van der Waals surface area contributed by atoms with Crippen molar-refractivity contribution in [2.24, 2.45) is 11.8 Å². The molecule has 186 valence electrons. The first-order valence-corrected chi connectivity index (χ1v) is 12.6. The van der Waals surface area contributed by atoms with Crippen LogP contribution in [0, 0.1) is 11.8 Å². The fourth-order valence-electron chi connectivity index (χ4n) is 6.14. The Morgan fingerprint density at radius 1 is 0.757 bits per heavy atom. The summed E-state index contributed by atoms with van der Waals surface area (Å²) in [5.41, 5.74) is 2.33. The van der Waals surface area contributed by atoms with E-state index in [1.54, 1.807) is 60.8 Å². The normalized spacial score (nSPS) is 25.1. The molecule has 3 aliphatic heterocycles. The quantitative estimate of drug-likeness (QED) is 0.504. The molecule has 0 radical (unpaired) electrons. The van der Waals surface area contributed by atoms with Gasteiger partial charge >= 0.3 is 0 Å². The first kappa shape index (κ1) is 23.1. The molecule has 2 aromatic carbocycles. The number of benzene rings is 2. The highest BCUT2D eigenvalue weighted by Gasteiger charge is 2.61. The molecule has 0 saturated carbocycles. The Labute approximate surface area is 214 Å². The van der Waals surface area contributed by atoms with Crippen LogP contribution >= 0.6 is 0 Å². The van der Waals surface area contributed by atoms with Crippen molar-refractivity contribution in [3.63, 3.8) is 0 Å². The molecule has 1 aromatic heterocycles. The van der Waals surface area contributed by atoms with Crippen LogP contribution in [0.25, 0.3) is 0 Å². The van der Waals surface area contributed by atoms with Gasteiger partial charge in [0.2, 0.25) is 17.7 Å². The fraction of sp³-hybridized carbons (Fsp3) is 0.276. The molecule has 3 aromatic rings. The number of carbonyl (C=O) groups excluding carboxylic acids is 4. The van der Waals surface area contributed by atoms with E-state index >= 15 is 0 Å². The summed E-state index contributed by atoms with van der Waals surface area (Å²) in [7, 11) is 0. The van der Waals surface area contributed by atoms with Crippen molar-refractivity contribution in [2.75, 3.05) is 21.2 Å².